The SMILES string of the molecule is C[C@@](N)(CO)COc1ccccc1. The van der Waals surface area contributed by atoms with E-state index in [4.69, 9.17) is 15.6 Å². The van der Waals surface area contributed by atoms with Gasteiger partial charge in [-0.05, 0) is 19.1 Å². The summed E-state index contributed by atoms with van der Waals surface area (Å²) in [5.74, 6) is 0.771. The molecule has 0 saturated heterocycles. The summed E-state index contributed by atoms with van der Waals surface area (Å²) in [6.45, 7) is 1.98. The van der Waals surface area contributed by atoms with Crippen molar-refractivity contribution in [3.8, 4) is 5.75 Å². The molecule has 1 aromatic rings. The Morgan fingerprint density at radius 2 is 2.00 bits per heavy atom. The first-order valence-electron chi connectivity index (χ1n) is 4.22. The molecule has 0 amide bonds. The molecule has 72 valence electrons. The van der Waals surface area contributed by atoms with Crippen LogP contribution in [0.1, 0.15) is 6.92 Å². The van der Waals surface area contributed by atoms with Crippen molar-refractivity contribution in [1.29, 1.82) is 0 Å². The van der Waals surface area contributed by atoms with Gasteiger partial charge in [-0.25, -0.2) is 0 Å². The van der Waals surface area contributed by atoms with Crippen LogP contribution in [0.15, 0.2) is 30.3 Å². The highest BCUT2D eigenvalue weighted by Crippen LogP contribution is 2.10. The van der Waals surface area contributed by atoms with E-state index < -0.39 is 5.54 Å². The third-order valence-corrected chi connectivity index (χ3v) is 1.67. The molecule has 1 rings (SSSR count). The van der Waals surface area contributed by atoms with Crippen LogP contribution < -0.4 is 10.5 Å². The van der Waals surface area contributed by atoms with Gasteiger partial charge in [0.15, 0.2) is 0 Å². The van der Waals surface area contributed by atoms with Crippen LogP contribution in [0.25, 0.3) is 0 Å². The third-order valence-electron chi connectivity index (χ3n) is 1.67. The molecular formula is C10H15NO2. The lowest BCUT2D eigenvalue weighted by atomic mass is 10.1. The first-order valence-corrected chi connectivity index (χ1v) is 4.22. The van der Waals surface area contributed by atoms with Crippen LogP contribution in [0.2, 0.25) is 0 Å². The quantitative estimate of drug-likeness (QED) is 0.721. The molecule has 0 fully saturated rings. The molecule has 1 atom stereocenters. The van der Waals surface area contributed by atoms with E-state index in [0.717, 1.165) is 5.75 Å². The summed E-state index contributed by atoms with van der Waals surface area (Å²) in [5.41, 5.74) is 5.02. The average Bonchev–Trinajstić information content (AvgIpc) is 2.17. The number of hydrogen-bond acceptors (Lipinski definition) is 3. The molecule has 3 N–H and O–H groups in total. The van der Waals surface area contributed by atoms with Gasteiger partial charge in [0, 0.05) is 0 Å². The highest BCUT2D eigenvalue weighted by molar-refractivity contribution is 5.21. The standard InChI is InChI=1S/C10H15NO2/c1-10(11,7-12)8-13-9-5-3-2-4-6-9/h2-6,12H,7-8,11H2,1H3/t10-/m1/s1. The summed E-state index contributed by atoms with van der Waals surface area (Å²) >= 11 is 0. The van der Waals surface area contributed by atoms with Gasteiger partial charge in [-0.15, -0.1) is 0 Å². The van der Waals surface area contributed by atoms with E-state index in [2.05, 4.69) is 0 Å². The van der Waals surface area contributed by atoms with Gasteiger partial charge in [-0.3, -0.25) is 0 Å². The Morgan fingerprint density at radius 3 is 2.54 bits per heavy atom. The molecule has 1 aromatic carbocycles. The monoisotopic (exact) mass is 181 g/mol. The van der Waals surface area contributed by atoms with Gasteiger partial charge in [0.05, 0.1) is 12.1 Å². The van der Waals surface area contributed by atoms with E-state index in [0.29, 0.717) is 6.61 Å². The topological polar surface area (TPSA) is 55.5 Å². The predicted octanol–water partition coefficient (Wildman–Crippen LogP) is 0.775. The average molecular weight is 181 g/mol. The fourth-order valence-corrected chi connectivity index (χ4v) is 0.811. The number of benzene rings is 1. The van der Waals surface area contributed by atoms with Gasteiger partial charge in [0.2, 0.25) is 0 Å². The predicted molar refractivity (Wildman–Crippen MR) is 51.6 cm³/mol. The maximum atomic E-state index is 8.87. The minimum Gasteiger partial charge on any atom is -0.492 e. The molecule has 3 heteroatoms. The Kier molecular flexibility index (Phi) is 3.28. The Labute approximate surface area is 78.1 Å². The molecule has 0 radical (unpaired) electrons. The van der Waals surface area contributed by atoms with E-state index in [-0.39, 0.29) is 6.61 Å². The van der Waals surface area contributed by atoms with Gasteiger partial charge in [0.25, 0.3) is 0 Å². The smallest absolute Gasteiger partial charge is 0.119 e. The minimum absolute atomic E-state index is 0.0835. The van der Waals surface area contributed by atoms with E-state index in [1.165, 1.54) is 0 Å². The Hall–Kier alpha value is -1.06. The number of aliphatic hydroxyl groups is 1. The van der Waals surface area contributed by atoms with Crippen molar-refractivity contribution in [2.75, 3.05) is 13.2 Å². The van der Waals surface area contributed by atoms with Crippen LogP contribution in [-0.4, -0.2) is 23.9 Å². The number of ether oxygens (including phenoxy) is 1. The lowest BCUT2D eigenvalue weighted by molar-refractivity contribution is 0.146. The molecule has 13 heavy (non-hydrogen) atoms. The zero-order valence-corrected chi connectivity index (χ0v) is 7.73. The van der Waals surface area contributed by atoms with Crippen molar-refractivity contribution in [2.24, 2.45) is 5.73 Å². The number of rotatable bonds is 4. The molecule has 0 unspecified atom stereocenters. The molecular weight excluding hydrogens is 166 g/mol. The fraction of sp³-hybridized carbons (Fsp3) is 0.400. The summed E-state index contributed by atoms with van der Waals surface area (Å²) < 4.78 is 5.38. The zero-order chi connectivity index (χ0) is 9.73. The van der Waals surface area contributed by atoms with E-state index in [1.807, 2.05) is 30.3 Å². The Bertz CT molecular complexity index is 246. The second-order valence-electron chi connectivity index (χ2n) is 3.41. The summed E-state index contributed by atoms with van der Waals surface area (Å²) in [7, 11) is 0. The van der Waals surface area contributed by atoms with Crippen molar-refractivity contribution >= 4 is 0 Å². The molecule has 0 spiro atoms. The van der Waals surface area contributed by atoms with Crippen molar-refractivity contribution in [3.05, 3.63) is 30.3 Å². The molecule has 3 nitrogen and oxygen atoms in total. The normalized spacial score (nSPS) is 15.0. The number of hydrogen-bond donors (Lipinski definition) is 2. The molecule has 0 heterocycles. The summed E-state index contributed by atoms with van der Waals surface area (Å²) in [5, 5.41) is 8.87. The first-order chi connectivity index (χ1) is 6.14. The molecule has 0 saturated carbocycles. The highest BCUT2D eigenvalue weighted by Gasteiger charge is 2.17. The summed E-state index contributed by atoms with van der Waals surface area (Å²) in [6, 6.07) is 9.41. The van der Waals surface area contributed by atoms with Crippen molar-refractivity contribution < 1.29 is 9.84 Å². The van der Waals surface area contributed by atoms with Crippen LogP contribution in [-0.2, 0) is 0 Å². The Morgan fingerprint density at radius 1 is 1.38 bits per heavy atom. The van der Waals surface area contributed by atoms with Gasteiger partial charge >= 0.3 is 0 Å². The lowest BCUT2D eigenvalue weighted by Crippen LogP contribution is -2.45. The fourth-order valence-electron chi connectivity index (χ4n) is 0.811. The minimum atomic E-state index is -0.671. The van der Waals surface area contributed by atoms with E-state index >= 15 is 0 Å². The first kappa shape index (κ1) is 10.0. The third kappa shape index (κ3) is 3.44. The van der Waals surface area contributed by atoms with Crippen molar-refractivity contribution in [3.63, 3.8) is 0 Å². The molecule has 0 aliphatic carbocycles. The molecule has 0 aliphatic heterocycles. The van der Waals surface area contributed by atoms with Gasteiger partial charge in [-0.1, -0.05) is 18.2 Å². The van der Waals surface area contributed by atoms with Crippen molar-refractivity contribution in [1.82, 2.24) is 0 Å². The second-order valence-corrected chi connectivity index (χ2v) is 3.41. The largest absolute Gasteiger partial charge is 0.492 e. The summed E-state index contributed by atoms with van der Waals surface area (Å²) in [4.78, 5) is 0. The maximum Gasteiger partial charge on any atom is 0.119 e. The van der Waals surface area contributed by atoms with Crippen LogP contribution in [0, 0.1) is 0 Å². The lowest BCUT2D eigenvalue weighted by Gasteiger charge is -2.21. The zero-order valence-electron chi connectivity index (χ0n) is 7.73. The van der Waals surface area contributed by atoms with Crippen LogP contribution in [0.4, 0.5) is 0 Å². The van der Waals surface area contributed by atoms with E-state index in [1.54, 1.807) is 6.92 Å². The van der Waals surface area contributed by atoms with Crippen LogP contribution in [0.3, 0.4) is 0 Å². The van der Waals surface area contributed by atoms with Crippen molar-refractivity contribution in [2.45, 2.75) is 12.5 Å². The second kappa shape index (κ2) is 4.25. The van der Waals surface area contributed by atoms with Crippen LogP contribution >= 0.6 is 0 Å². The van der Waals surface area contributed by atoms with E-state index in [9.17, 15) is 0 Å². The molecule has 0 aliphatic rings. The van der Waals surface area contributed by atoms with Gasteiger partial charge < -0.3 is 15.6 Å². The molecule has 0 bridgehead atoms. The number of nitrogens with two attached hydrogens (primary N) is 1. The van der Waals surface area contributed by atoms with Gasteiger partial charge in [0.1, 0.15) is 12.4 Å². The highest BCUT2D eigenvalue weighted by atomic mass is 16.5. The van der Waals surface area contributed by atoms with Crippen LogP contribution in [0.5, 0.6) is 5.75 Å². The number of aliphatic hydroxyl groups excluding tert-OH is 1. The summed E-state index contributed by atoms with van der Waals surface area (Å²) in [6.07, 6.45) is 0. The number of para-hydroxylation sites is 1. The van der Waals surface area contributed by atoms with Gasteiger partial charge in [-0.2, -0.15) is 0 Å². The maximum absolute atomic E-state index is 8.87. The Balaban J connectivity index is 2.44. The molecule has 0 aromatic heterocycles.